The molecule has 0 unspecified atom stereocenters. The highest BCUT2D eigenvalue weighted by Crippen LogP contribution is 2.15. The first-order chi connectivity index (χ1) is 8.75. The quantitative estimate of drug-likeness (QED) is 0.902. The largest absolute Gasteiger partial charge is 0.491 e. The van der Waals surface area contributed by atoms with Crippen LogP contribution in [0.25, 0.3) is 0 Å². The lowest BCUT2D eigenvalue weighted by Crippen LogP contribution is -2.46. The molecule has 1 aliphatic heterocycles. The Kier molecular flexibility index (Phi) is 4.95. The molecule has 1 amide bonds. The Morgan fingerprint density at radius 2 is 2.22 bits per heavy atom. The number of carbonyl (C=O) groups is 1. The molecule has 1 saturated heterocycles. The third kappa shape index (κ3) is 3.96. The number of nitrogens with zero attached hydrogens (tertiary/aromatic N) is 2. The van der Waals surface area contributed by atoms with Crippen molar-refractivity contribution in [2.24, 2.45) is 0 Å². The number of aromatic nitrogens is 1. The van der Waals surface area contributed by atoms with E-state index in [4.69, 9.17) is 4.74 Å². The molecule has 6 heteroatoms. The van der Waals surface area contributed by atoms with Gasteiger partial charge in [-0.2, -0.15) is 0 Å². The first kappa shape index (κ1) is 13.3. The zero-order valence-corrected chi connectivity index (χ0v) is 11.6. The molecule has 1 aromatic heterocycles. The molecule has 0 spiro atoms. The van der Waals surface area contributed by atoms with Gasteiger partial charge in [-0.25, -0.2) is 0 Å². The van der Waals surface area contributed by atoms with Crippen molar-refractivity contribution in [1.82, 2.24) is 15.2 Å². The molecular formula is C12H16BrN3O2. The van der Waals surface area contributed by atoms with Crippen molar-refractivity contribution in [1.29, 1.82) is 0 Å². The van der Waals surface area contributed by atoms with Gasteiger partial charge in [0.15, 0.2) is 0 Å². The molecule has 0 saturated carbocycles. The summed E-state index contributed by atoms with van der Waals surface area (Å²) in [5.41, 5.74) is 0. The summed E-state index contributed by atoms with van der Waals surface area (Å²) in [5, 5.41) is 3.22. The van der Waals surface area contributed by atoms with Gasteiger partial charge >= 0.3 is 0 Å². The van der Waals surface area contributed by atoms with E-state index in [9.17, 15) is 4.79 Å². The van der Waals surface area contributed by atoms with Crippen LogP contribution in [0.15, 0.2) is 22.9 Å². The molecule has 5 nitrogen and oxygen atoms in total. The van der Waals surface area contributed by atoms with Crippen LogP contribution < -0.4 is 10.1 Å². The van der Waals surface area contributed by atoms with Crippen molar-refractivity contribution in [3.05, 3.63) is 22.9 Å². The number of pyridine rings is 1. The Balaban J connectivity index is 1.73. The smallest absolute Gasteiger partial charge is 0.226 e. The highest BCUT2D eigenvalue weighted by molar-refractivity contribution is 9.10. The van der Waals surface area contributed by atoms with Gasteiger partial charge in [0, 0.05) is 36.8 Å². The minimum absolute atomic E-state index is 0.152. The van der Waals surface area contributed by atoms with E-state index in [0.29, 0.717) is 18.8 Å². The van der Waals surface area contributed by atoms with Gasteiger partial charge in [0.25, 0.3) is 0 Å². The highest BCUT2D eigenvalue weighted by Gasteiger charge is 2.15. The number of hydrogen-bond acceptors (Lipinski definition) is 4. The number of amides is 1. The van der Waals surface area contributed by atoms with Gasteiger partial charge in [-0.15, -0.1) is 0 Å². The van der Waals surface area contributed by atoms with Crippen molar-refractivity contribution in [3.63, 3.8) is 0 Å². The zero-order chi connectivity index (χ0) is 12.8. The maximum atomic E-state index is 11.8. The van der Waals surface area contributed by atoms with Crippen LogP contribution in [0, 0.1) is 0 Å². The normalized spacial score (nSPS) is 15.5. The second-order valence-corrected chi connectivity index (χ2v) is 4.98. The molecule has 0 radical (unpaired) electrons. The van der Waals surface area contributed by atoms with Crippen LogP contribution in [0.3, 0.4) is 0 Å². The monoisotopic (exact) mass is 313 g/mol. The van der Waals surface area contributed by atoms with Crippen LogP contribution in [0.5, 0.6) is 5.75 Å². The molecule has 1 N–H and O–H groups in total. The average molecular weight is 314 g/mol. The van der Waals surface area contributed by atoms with Gasteiger partial charge in [-0.05, 0) is 22.0 Å². The minimum atomic E-state index is 0.152. The fourth-order valence-corrected chi connectivity index (χ4v) is 2.14. The summed E-state index contributed by atoms with van der Waals surface area (Å²) < 4.78 is 6.36. The van der Waals surface area contributed by atoms with E-state index < -0.39 is 0 Å². The van der Waals surface area contributed by atoms with Crippen LogP contribution >= 0.6 is 15.9 Å². The van der Waals surface area contributed by atoms with E-state index in [2.05, 4.69) is 26.2 Å². The lowest BCUT2D eigenvalue weighted by molar-refractivity contribution is -0.132. The van der Waals surface area contributed by atoms with E-state index >= 15 is 0 Å². The Labute approximate surface area is 115 Å². The summed E-state index contributed by atoms with van der Waals surface area (Å²) in [6.07, 6.45) is 3.74. The number of carbonyl (C=O) groups excluding carboxylic acids is 1. The third-order valence-corrected chi connectivity index (χ3v) is 3.17. The van der Waals surface area contributed by atoms with Gasteiger partial charge in [0.1, 0.15) is 5.75 Å². The topological polar surface area (TPSA) is 54.5 Å². The zero-order valence-electron chi connectivity index (χ0n) is 10.1. The van der Waals surface area contributed by atoms with Crippen LogP contribution in [-0.2, 0) is 4.79 Å². The van der Waals surface area contributed by atoms with Gasteiger partial charge in [0.2, 0.25) is 5.91 Å². The first-order valence-corrected chi connectivity index (χ1v) is 6.77. The maximum absolute atomic E-state index is 11.8. The Morgan fingerprint density at radius 1 is 1.44 bits per heavy atom. The van der Waals surface area contributed by atoms with Crippen molar-refractivity contribution in [2.75, 3.05) is 32.8 Å². The Morgan fingerprint density at radius 3 is 2.94 bits per heavy atom. The molecule has 2 heterocycles. The fourth-order valence-electron chi connectivity index (χ4n) is 1.80. The van der Waals surface area contributed by atoms with Crippen LogP contribution in [-0.4, -0.2) is 48.6 Å². The summed E-state index contributed by atoms with van der Waals surface area (Å²) >= 11 is 3.32. The second kappa shape index (κ2) is 6.70. The second-order valence-electron chi connectivity index (χ2n) is 4.07. The average Bonchev–Trinajstić information content (AvgIpc) is 2.40. The number of piperazine rings is 1. The van der Waals surface area contributed by atoms with Gasteiger partial charge in [-0.3, -0.25) is 9.78 Å². The molecule has 1 aliphatic rings. The van der Waals surface area contributed by atoms with Crippen molar-refractivity contribution in [2.45, 2.75) is 6.42 Å². The van der Waals surface area contributed by atoms with Crippen LogP contribution in [0.1, 0.15) is 6.42 Å². The predicted octanol–water partition coefficient (Wildman–Crippen LogP) is 1.04. The number of rotatable bonds is 4. The molecule has 1 fully saturated rings. The van der Waals surface area contributed by atoms with Gasteiger partial charge < -0.3 is 15.0 Å². The summed E-state index contributed by atoms with van der Waals surface area (Å²) in [4.78, 5) is 17.7. The number of nitrogens with one attached hydrogen (secondary N) is 1. The summed E-state index contributed by atoms with van der Waals surface area (Å²) in [5.74, 6) is 0.831. The molecule has 1 aromatic rings. The van der Waals surface area contributed by atoms with Crippen LogP contribution in [0.2, 0.25) is 0 Å². The molecular weight excluding hydrogens is 298 g/mol. The predicted molar refractivity (Wildman–Crippen MR) is 71.5 cm³/mol. The lowest BCUT2D eigenvalue weighted by atomic mass is 10.3. The molecule has 0 atom stereocenters. The molecule has 0 aliphatic carbocycles. The highest BCUT2D eigenvalue weighted by atomic mass is 79.9. The number of halogens is 1. The van der Waals surface area contributed by atoms with Gasteiger partial charge in [-0.1, -0.05) is 0 Å². The number of ether oxygens (including phenoxy) is 1. The van der Waals surface area contributed by atoms with E-state index in [-0.39, 0.29) is 5.91 Å². The fraction of sp³-hybridized carbons (Fsp3) is 0.500. The van der Waals surface area contributed by atoms with E-state index in [1.165, 1.54) is 0 Å². The van der Waals surface area contributed by atoms with E-state index in [0.717, 1.165) is 30.7 Å². The molecule has 18 heavy (non-hydrogen) atoms. The Hall–Kier alpha value is -1.14. The van der Waals surface area contributed by atoms with Crippen LogP contribution in [0.4, 0.5) is 0 Å². The molecule has 98 valence electrons. The van der Waals surface area contributed by atoms with Gasteiger partial charge in [0.05, 0.1) is 19.2 Å². The summed E-state index contributed by atoms with van der Waals surface area (Å²) in [7, 11) is 0. The molecule has 0 bridgehead atoms. The first-order valence-electron chi connectivity index (χ1n) is 5.97. The lowest BCUT2D eigenvalue weighted by Gasteiger charge is -2.27. The minimum Gasteiger partial charge on any atom is -0.491 e. The maximum Gasteiger partial charge on any atom is 0.226 e. The Bertz CT molecular complexity index is 408. The van der Waals surface area contributed by atoms with Crippen molar-refractivity contribution < 1.29 is 9.53 Å². The third-order valence-electron chi connectivity index (χ3n) is 2.73. The summed E-state index contributed by atoms with van der Waals surface area (Å²) in [6.45, 7) is 3.72. The van der Waals surface area contributed by atoms with Crippen molar-refractivity contribution >= 4 is 21.8 Å². The standard InChI is InChI=1S/C12H16BrN3O2/c13-10-7-11(9-15-8-10)18-6-1-12(17)16-4-2-14-3-5-16/h7-9,14H,1-6H2. The summed E-state index contributed by atoms with van der Waals surface area (Å²) in [6, 6.07) is 1.84. The van der Waals surface area contributed by atoms with Crippen molar-refractivity contribution in [3.8, 4) is 5.75 Å². The molecule has 0 aromatic carbocycles. The van der Waals surface area contributed by atoms with E-state index in [1.54, 1.807) is 12.4 Å². The number of hydrogen-bond donors (Lipinski definition) is 1. The molecule has 2 rings (SSSR count). The SMILES string of the molecule is O=C(CCOc1cncc(Br)c1)N1CCNCC1. The van der Waals surface area contributed by atoms with E-state index in [1.807, 2.05) is 11.0 Å².